The number of nitro groups is 1. The Kier molecular flexibility index (Phi) is 6.17. The lowest BCUT2D eigenvalue weighted by Crippen LogP contribution is -2.25. The molecule has 0 aliphatic heterocycles. The van der Waals surface area contributed by atoms with E-state index in [9.17, 15) is 19.7 Å². The second-order valence-corrected chi connectivity index (χ2v) is 7.39. The van der Waals surface area contributed by atoms with E-state index >= 15 is 0 Å². The van der Waals surface area contributed by atoms with E-state index in [1.807, 2.05) is 0 Å². The second kappa shape index (κ2) is 8.77. The molecule has 1 atom stereocenters. The van der Waals surface area contributed by atoms with Gasteiger partial charge in [-0.3, -0.25) is 14.9 Å². The van der Waals surface area contributed by atoms with Crippen LogP contribution in [0.5, 0.6) is 0 Å². The third kappa shape index (κ3) is 4.62. The van der Waals surface area contributed by atoms with Crippen LogP contribution in [0.1, 0.15) is 21.3 Å². The van der Waals surface area contributed by atoms with Crippen LogP contribution in [0.15, 0.2) is 70.5 Å². The van der Waals surface area contributed by atoms with E-state index in [4.69, 9.17) is 4.74 Å². The molecule has 3 aromatic rings. The van der Waals surface area contributed by atoms with Gasteiger partial charge in [-0.2, -0.15) is 0 Å². The van der Waals surface area contributed by atoms with Gasteiger partial charge in [0.05, 0.1) is 10.6 Å². The van der Waals surface area contributed by atoms with Crippen molar-refractivity contribution in [3.05, 3.63) is 91.1 Å². The van der Waals surface area contributed by atoms with Crippen LogP contribution in [-0.2, 0) is 9.53 Å². The Morgan fingerprint density at radius 2 is 1.86 bits per heavy atom. The number of carbonyl (C=O) groups excluding carboxylic acids is 2. The molecule has 0 bridgehead atoms. The van der Waals surface area contributed by atoms with Gasteiger partial charge in [-0.25, -0.2) is 4.79 Å². The molecular formula is C19H13BrN2O5S. The van der Waals surface area contributed by atoms with Crippen molar-refractivity contribution < 1.29 is 19.2 Å². The largest absolute Gasteiger partial charge is 0.443 e. The van der Waals surface area contributed by atoms with Crippen molar-refractivity contribution in [2.24, 2.45) is 0 Å². The molecule has 0 aliphatic carbocycles. The lowest BCUT2D eigenvalue weighted by molar-refractivity contribution is -0.384. The lowest BCUT2D eigenvalue weighted by atomic mass is 10.1. The number of thiophene rings is 1. The van der Waals surface area contributed by atoms with Crippen LogP contribution in [0.25, 0.3) is 0 Å². The Hall–Kier alpha value is -3.04. The van der Waals surface area contributed by atoms with Crippen molar-refractivity contribution in [2.45, 2.75) is 6.10 Å². The van der Waals surface area contributed by atoms with Crippen molar-refractivity contribution >= 4 is 50.5 Å². The van der Waals surface area contributed by atoms with Crippen LogP contribution in [0, 0.1) is 10.1 Å². The van der Waals surface area contributed by atoms with Crippen LogP contribution in [0.4, 0.5) is 11.4 Å². The number of nitrogens with one attached hydrogen (secondary N) is 1. The predicted octanol–water partition coefficient (Wildman–Crippen LogP) is 4.96. The minimum atomic E-state index is -1.18. The average molecular weight is 461 g/mol. The Morgan fingerprint density at radius 3 is 2.46 bits per heavy atom. The number of ether oxygens (including phenoxy) is 1. The SMILES string of the molecule is O=C(OC(C(=O)Nc1ccc([N+](=O)[O-])cc1Br)c1ccccc1)c1cccs1. The molecule has 0 aliphatic rings. The molecule has 0 radical (unpaired) electrons. The number of carbonyl (C=O) groups is 2. The van der Waals surface area contributed by atoms with E-state index in [1.54, 1.807) is 47.8 Å². The van der Waals surface area contributed by atoms with Crippen LogP contribution < -0.4 is 5.32 Å². The number of hydrogen-bond donors (Lipinski definition) is 1. The third-order valence-electron chi connectivity index (χ3n) is 3.71. The molecule has 7 nitrogen and oxygen atoms in total. The Balaban J connectivity index is 1.84. The zero-order valence-electron chi connectivity index (χ0n) is 14.2. The number of nitro benzene ring substituents is 1. The molecule has 3 rings (SSSR count). The molecule has 0 fully saturated rings. The number of rotatable bonds is 6. The van der Waals surface area contributed by atoms with Gasteiger partial charge in [-0.05, 0) is 33.4 Å². The molecule has 9 heteroatoms. The Morgan fingerprint density at radius 1 is 1.11 bits per heavy atom. The van der Waals surface area contributed by atoms with Gasteiger partial charge in [0.25, 0.3) is 11.6 Å². The first-order valence-corrected chi connectivity index (χ1v) is 9.67. The molecule has 0 saturated carbocycles. The van der Waals surface area contributed by atoms with E-state index in [2.05, 4.69) is 21.2 Å². The van der Waals surface area contributed by atoms with Crippen LogP contribution >= 0.6 is 27.3 Å². The normalized spacial score (nSPS) is 11.5. The maximum absolute atomic E-state index is 12.8. The van der Waals surface area contributed by atoms with Crippen LogP contribution in [-0.4, -0.2) is 16.8 Å². The fourth-order valence-corrected chi connectivity index (χ4v) is 3.45. The Bertz CT molecular complexity index is 1010. The number of esters is 1. The number of amides is 1. The lowest BCUT2D eigenvalue weighted by Gasteiger charge is -2.18. The van der Waals surface area contributed by atoms with E-state index < -0.39 is 22.9 Å². The highest BCUT2D eigenvalue weighted by atomic mass is 79.9. The van der Waals surface area contributed by atoms with Crippen molar-refractivity contribution in [1.29, 1.82) is 0 Å². The number of nitrogens with zero attached hydrogens (tertiary/aromatic N) is 1. The summed E-state index contributed by atoms with van der Waals surface area (Å²) in [6, 6.07) is 15.9. The maximum Gasteiger partial charge on any atom is 0.349 e. The van der Waals surface area contributed by atoms with Gasteiger partial charge >= 0.3 is 5.97 Å². The number of non-ortho nitro benzene ring substituents is 1. The molecular weight excluding hydrogens is 448 g/mol. The fraction of sp³-hybridized carbons (Fsp3) is 0.0526. The maximum atomic E-state index is 12.8. The van der Waals surface area contributed by atoms with Crippen LogP contribution in [0.3, 0.4) is 0 Å². The number of hydrogen-bond acceptors (Lipinski definition) is 6. The summed E-state index contributed by atoms with van der Waals surface area (Å²) < 4.78 is 5.79. The summed E-state index contributed by atoms with van der Waals surface area (Å²) in [7, 11) is 0. The summed E-state index contributed by atoms with van der Waals surface area (Å²) in [4.78, 5) is 35.9. The fourth-order valence-electron chi connectivity index (χ4n) is 2.38. The monoisotopic (exact) mass is 460 g/mol. The van der Waals surface area contributed by atoms with E-state index in [-0.39, 0.29) is 5.69 Å². The van der Waals surface area contributed by atoms with E-state index in [0.717, 1.165) is 0 Å². The topological polar surface area (TPSA) is 98.5 Å². The summed E-state index contributed by atoms with van der Waals surface area (Å²) in [5.74, 6) is -1.19. The van der Waals surface area contributed by atoms with Crippen molar-refractivity contribution in [2.75, 3.05) is 5.32 Å². The molecule has 1 amide bonds. The average Bonchev–Trinajstić information content (AvgIpc) is 3.23. The summed E-state index contributed by atoms with van der Waals surface area (Å²) in [6.45, 7) is 0. The smallest absolute Gasteiger partial charge is 0.349 e. The van der Waals surface area contributed by atoms with Gasteiger partial charge in [0, 0.05) is 22.2 Å². The quantitative estimate of drug-likeness (QED) is 0.318. The number of halogens is 1. The summed E-state index contributed by atoms with van der Waals surface area (Å²) in [5.41, 5.74) is 0.709. The molecule has 1 heterocycles. The first-order chi connectivity index (χ1) is 13.5. The Labute approximate surface area is 172 Å². The zero-order valence-corrected chi connectivity index (χ0v) is 16.6. The van der Waals surface area contributed by atoms with E-state index in [0.29, 0.717) is 20.6 Å². The van der Waals surface area contributed by atoms with E-state index in [1.165, 1.54) is 29.5 Å². The highest BCUT2D eigenvalue weighted by Crippen LogP contribution is 2.29. The molecule has 1 N–H and O–H groups in total. The molecule has 142 valence electrons. The van der Waals surface area contributed by atoms with Gasteiger partial charge < -0.3 is 10.1 Å². The third-order valence-corrected chi connectivity index (χ3v) is 5.22. The van der Waals surface area contributed by atoms with Gasteiger partial charge in [0.1, 0.15) is 4.88 Å². The van der Waals surface area contributed by atoms with Gasteiger partial charge in [-0.15, -0.1) is 11.3 Å². The minimum absolute atomic E-state index is 0.117. The molecule has 1 unspecified atom stereocenters. The van der Waals surface area contributed by atoms with Gasteiger partial charge in [0.15, 0.2) is 0 Å². The van der Waals surface area contributed by atoms with Crippen LogP contribution in [0.2, 0.25) is 0 Å². The minimum Gasteiger partial charge on any atom is -0.443 e. The second-order valence-electron chi connectivity index (χ2n) is 5.58. The summed E-state index contributed by atoms with van der Waals surface area (Å²) in [6.07, 6.45) is -1.18. The molecule has 0 spiro atoms. The first-order valence-electron chi connectivity index (χ1n) is 8.00. The van der Waals surface area contributed by atoms with Gasteiger partial charge in [0.2, 0.25) is 6.10 Å². The summed E-state index contributed by atoms with van der Waals surface area (Å²) in [5, 5.41) is 15.2. The number of benzene rings is 2. The molecule has 0 saturated heterocycles. The molecule has 1 aromatic heterocycles. The number of anilines is 1. The standard InChI is InChI=1S/C19H13BrN2O5S/c20-14-11-13(22(25)26)8-9-15(14)21-18(23)17(12-5-2-1-3-6-12)27-19(24)16-7-4-10-28-16/h1-11,17H,(H,21,23). The first kappa shape index (κ1) is 19.7. The summed E-state index contributed by atoms with van der Waals surface area (Å²) >= 11 is 4.42. The molecule has 2 aromatic carbocycles. The van der Waals surface area contributed by atoms with Crippen molar-refractivity contribution in [1.82, 2.24) is 0 Å². The van der Waals surface area contributed by atoms with Crippen molar-refractivity contribution in [3.8, 4) is 0 Å². The highest BCUT2D eigenvalue weighted by molar-refractivity contribution is 9.10. The predicted molar refractivity (Wildman–Crippen MR) is 108 cm³/mol. The molecule has 28 heavy (non-hydrogen) atoms. The highest BCUT2D eigenvalue weighted by Gasteiger charge is 2.27. The van der Waals surface area contributed by atoms with Gasteiger partial charge in [-0.1, -0.05) is 36.4 Å². The van der Waals surface area contributed by atoms with Crippen molar-refractivity contribution in [3.63, 3.8) is 0 Å². The zero-order chi connectivity index (χ0) is 20.1.